The van der Waals surface area contributed by atoms with E-state index in [2.05, 4.69) is 9.98 Å². The number of nitrogens with zero attached hydrogens (tertiary/aromatic N) is 3. The summed E-state index contributed by atoms with van der Waals surface area (Å²) >= 11 is 7.30. The van der Waals surface area contributed by atoms with Crippen molar-refractivity contribution >= 4 is 45.4 Å². The first-order chi connectivity index (χ1) is 12.8. The Kier molecular flexibility index (Phi) is 5.67. The lowest BCUT2D eigenvalue weighted by atomic mass is 10.1. The molecule has 3 aromatic rings. The quantitative estimate of drug-likeness (QED) is 0.458. The van der Waals surface area contributed by atoms with Gasteiger partial charge in [0.1, 0.15) is 23.0 Å². The van der Waals surface area contributed by atoms with E-state index in [0.29, 0.717) is 15.5 Å². The Morgan fingerprint density at radius 2 is 2.11 bits per heavy atom. The molecule has 0 aliphatic carbocycles. The zero-order valence-corrected chi connectivity index (χ0v) is 15.9. The molecule has 0 aliphatic heterocycles. The number of hydrogen-bond acceptors (Lipinski definition) is 4. The number of aromatic nitrogens is 1. The topological polar surface area (TPSA) is 54.8 Å². The van der Waals surface area contributed by atoms with E-state index in [9.17, 15) is 13.6 Å². The van der Waals surface area contributed by atoms with Crippen LogP contribution in [-0.4, -0.2) is 36.2 Å². The first-order valence-electron chi connectivity index (χ1n) is 7.76. The van der Waals surface area contributed by atoms with Gasteiger partial charge in [0.05, 0.1) is 16.6 Å². The fourth-order valence-electron chi connectivity index (χ4n) is 2.22. The highest BCUT2D eigenvalue weighted by molar-refractivity contribution is 7.18. The molecule has 0 N–H and O–H groups in total. The highest BCUT2D eigenvalue weighted by Gasteiger charge is 2.21. The second-order valence-electron chi connectivity index (χ2n) is 5.76. The zero-order chi connectivity index (χ0) is 19.6. The van der Waals surface area contributed by atoms with Crippen LogP contribution in [0.15, 0.2) is 35.3 Å². The van der Waals surface area contributed by atoms with Crippen LogP contribution in [0.25, 0.3) is 10.2 Å². The molecule has 0 saturated heterocycles. The molecule has 0 radical (unpaired) electrons. The fourth-order valence-corrected chi connectivity index (χ4v) is 3.25. The number of hydrogen-bond donors (Lipinski definition) is 0. The van der Waals surface area contributed by atoms with Gasteiger partial charge in [-0.3, -0.25) is 4.79 Å². The van der Waals surface area contributed by atoms with Crippen LogP contribution in [0, 0.1) is 11.6 Å². The predicted molar refractivity (Wildman–Crippen MR) is 102 cm³/mol. The van der Waals surface area contributed by atoms with Gasteiger partial charge in [-0.2, -0.15) is 4.99 Å². The fraction of sp³-hybridized carbons (Fsp3) is 0.167. The van der Waals surface area contributed by atoms with E-state index < -0.39 is 23.1 Å². The smallest absolute Gasteiger partial charge is 0.284 e. The lowest BCUT2D eigenvalue weighted by Gasteiger charge is -2.09. The van der Waals surface area contributed by atoms with Gasteiger partial charge in [-0.25, -0.2) is 13.8 Å². The molecule has 0 spiro atoms. The molecule has 9 heteroatoms. The van der Waals surface area contributed by atoms with Crippen molar-refractivity contribution < 1.29 is 18.3 Å². The van der Waals surface area contributed by atoms with E-state index in [4.69, 9.17) is 16.3 Å². The van der Waals surface area contributed by atoms with Gasteiger partial charge in [0, 0.05) is 19.1 Å². The van der Waals surface area contributed by atoms with E-state index >= 15 is 0 Å². The third-order valence-corrected chi connectivity index (χ3v) is 4.67. The van der Waals surface area contributed by atoms with Gasteiger partial charge in [0.25, 0.3) is 5.91 Å². The van der Waals surface area contributed by atoms with Crippen LogP contribution in [-0.2, 0) is 6.61 Å². The predicted octanol–water partition coefficient (Wildman–Crippen LogP) is 4.54. The van der Waals surface area contributed by atoms with Crippen LogP contribution in [0.4, 0.5) is 8.78 Å². The third kappa shape index (κ3) is 4.40. The molecule has 27 heavy (non-hydrogen) atoms. The van der Waals surface area contributed by atoms with E-state index in [0.717, 1.165) is 16.8 Å². The van der Waals surface area contributed by atoms with Gasteiger partial charge >= 0.3 is 0 Å². The SMILES string of the molecule is CN(C)/C=N/C(=O)c1c(F)ccc(OCc2nc3cc(Cl)ccc3s2)c1F. The molecule has 1 amide bonds. The maximum atomic E-state index is 14.6. The molecule has 1 aromatic heterocycles. The molecule has 1 heterocycles. The summed E-state index contributed by atoms with van der Waals surface area (Å²) in [5, 5.41) is 1.15. The monoisotopic (exact) mass is 409 g/mol. The minimum atomic E-state index is -1.10. The third-order valence-electron chi connectivity index (χ3n) is 3.42. The molecule has 0 fully saturated rings. The summed E-state index contributed by atoms with van der Waals surface area (Å²) in [5.74, 6) is -3.38. The summed E-state index contributed by atoms with van der Waals surface area (Å²) in [6, 6.07) is 7.39. The van der Waals surface area contributed by atoms with Crippen LogP contribution in [0.2, 0.25) is 5.02 Å². The maximum Gasteiger partial charge on any atom is 0.284 e. The summed E-state index contributed by atoms with van der Waals surface area (Å²) < 4.78 is 34.8. The number of carbonyl (C=O) groups excluding carboxylic acids is 1. The molecule has 2 aromatic carbocycles. The van der Waals surface area contributed by atoms with Gasteiger partial charge < -0.3 is 9.64 Å². The largest absolute Gasteiger partial charge is 0.483 e. The summed E-state index contributed by atoms with van der Waals surface area (Å²) in [4.78, 5) is 21.3. The van der Waals surface area contributed by atoms with Crippen molar-refractivity contribution in [2.24, 2.45) is 4.99 Å². The van der Waals surface area contributed by atoms with E-state index in [1.54, 1.807) is 26.2 Å². The van der Waals surface area contributed by atoms with Crippen molar-refractivity contribution in [2.45, 2.75) is 6.61 Å². The Morgan fingerprint density at radius 1 is 1.33 bits per heavy atom. The van der Waals surface area contributed by atoms with Gasteiger partial charge in [0.15, 0.2) is 11.6 Å². The Balaban J connectivity index is 1.82. The molecular weight excluding hydrogens is 396 g/mol. The number of thiazole rings is 1. The van der Waals surface area contributed by atoms with Crippen molar-refractivity contribution in [2.75, 3.05) is 14.1 Å². The molecule has 0 aliphatic rings. The van der Waals surface area contributed by atoms with E-state index in [1.165, 1.54) is 22.6 Å². The molecule has 140 valence electrons. The molecule has 3 rings (SSSR count). The molecule has 0 unspecified atom stereocenters. The molecular formula is C18H14ClF2N3O2S. The van der Waals surface area contributed by atoms with Crippen molar-refractivity contribution in [3.63, 3.8) is 0 Å². The maximum absolute atomic E-state index is 14.6. The lowest BCUT2D eigenvalue weighted by molar-refractivity contribution is 0.0993. The van der Waals surface area contributed by atoms with Gasteiger partial charge in [-0.05, 0) is 30.3 Å². The summed E-state index contributed by atoms with van der Waals surface area (Å²) in [6.07, 6.45) is 1.17. The van der Waals surface area contributed by atoms with Crippen LogP contribution in [0.3, 0.4) is 0 Å². The van der Waals surface area contributed by atoms with Crippen molar-refractivity contribution in [3.8, 4) is 5.75 Å². The Morgan fingerprint density at radius 3 is 2.85 bits per heavy atom. The van der Waals surface area contributed by atoms with Crippen molar-refractivity contribution in [1.29, 1.82) is 0 Å². The highest BCUT2D eigenvalue weighted by Crippen LogP contribution is 2.28. The number of aliphatic imine (C=N–C) groups is 1. The first kappa shape index (κ1) is 19.2. The Labute approximate surface area is 162 Å². The molecule has 0 atom stereocenters. The van der Waals surface area contributed by atoms with Gasteiger partial charge in [-0.15, -0.1) is 11.3 Å². The van der Waals surface area contributed by atoms with Crippen molar-refractivity contribution in [3.05, 3.63) is 57.6 Å². The first-order valence-corrected chi connectivity index (χ1v) is 8.95. The number of fused-ring (bicyclic) bond motifs is 1. The minimum absolute atomic E-state index is 0.0336. The Bertz CT molecular complexity index is 1040. The van der Waals surface area contributed by atoms with Crippen molar-refractivity contribution in [1.82, 2.24) is 9.88 Å². The molecule has 5 nitrogen and oxygen atoms in total. The van der Waals surface area contributed by atoms with E-state index in [1.807, 2.05) is 6.07 Å². The normalized spacial score (nSPS) is 11.3. The van der Waals surface area contributed by atoms with Gasteiger partial charge in [-0.1, -0.05) is 11.6 Å². The lowest BCUT2D eigenvalue weighted by Crippen LogP contribution is -2.12. The summed E-state index contributed by atoms with van der Waals surface area (Å²) in [6.45, 7) is -0.0336. The number of carbonyl (C=O) groups is 1. The number of benzene rings is 2. The van der Waals surface area contributed by atoms with Crippen LogP contribution < -0.4 is 4.74 Å². The molecule has 0 saturated carbocycles. The summed E-state index contributed by atoms with van der Waals surface area (Å²) in [5.41, 5.74) is -0.0544. The highest BCUT2D eigenvalue weighted by atomic mass is 35.5. The standard InChI is InChI=1S/C18H14ClF2N3O2S/c1-24(2)9-22-18(25)16-11(20)4-5-13(17(16)21)26-8-15-23-12-7-10(19)3-6-14(12)27-15/h3-7,9H,8H2,1-2H3/b22-9+. The molecule has 0 bridgehead atoms. The average molecular weight is 410 g/mol. The van der Waals surface area contributed by atoms with Crippen LogP contribution >= 0.6 is 22.9 Å². The van der Waals surface area contributed by atoms with E-state index in [-0.39, 0.29) is 12.4 Å². The number of rotatable bonds is 5. The second-order valence-corrected chi connectivity index (χ2v) is 7.31. The minimum Gasteiger partial charge on any atom is -0.483 e. The number of amides is 1. The number of ether oxygens (including phenoxy) is 1. The second kappa shape index (κ2) is 7.98. The summed E-state index contributed by atoms with van der Waals surface area (Å²) in [7, 11) is 3.27. The zero-order valence-electron chi connectivity index (χ0n) is 14.4. The van der Waals surface area contributed by atoms with Gasteiger partial charge in [0.2, 0.25) is 0 Å². The average Bonchev–Trinajstić information content (AvgIpc) is 3.01. The number of halogens is 3. The van der Waals surface area contributed by atoms with Crippen LogP contribution in [0.5, 0.6) is 5.75 Å². The Hall–Kier alpha value is -2.58. The van der Waals surface area contributed by atoms with Crippen LogP contribution in [0.1, 0.15) is 15.4 Å².